The van der Waals surface area contributed by atoms with Gasteiger partial charge in [0, 0.05) is 19.0 Å². The van der Waals surface area contributed by atoms with Crippen LogP contribution in [0.1, 0.15) is 49.9 Å². The molecule has 2 rings (SSSR count). The minimum atomic E-state index is 0.717. The van der Waals surface area contributed by atoms with Crippen molar-refractivity contribution in [1.29, 1.82) is 0 Å². The zero-order valence-corrected chi connectivity index (χ0v) is 9.66. The lowest BCUT2D eigenvalue weighted by Gasteiger charge is -2.26. The number of aromatic nitrogens is 3. The van der Waals surface area contributed by atoms with E-state index in [0.717, 1.165) is 31.1 Å². The molecule has 0 saturated heterocycles. The Balaban J connectivity index is 2.22. The van der Waals surface area contributed by atoms with Gasteiger partial charge in [-0.2, -0.15) is 0 Å². The highest BCUT2D eigenvalue weighted by atomic mass is 15.4. The van der Waals surface area contributed by atoms with E-state index < -0.39 is 0 Å². The van der Waals surface area contributed by atoms with Crippen LogP contribution in [0.5, 0.6) is 0 Å². The van der Waals surface area contributed by atoms with E-state index in [-0.39, 0.29) is 0 Å². The number of nitrogens with zero attached hydrogens (tertiary/aromatic N) is 3. The summed E-state index contributed by atoms with van der Waals surface area (Å²) < 4.78 is 2.11. The standard InChI is InChI=1S/C11H20N4/c1-3-7-15-11(9-5-4-6-9)10(8-12-2)13-14-15/h9,12H,3-8H2,1-2H3. The molecule has 0 spiro atoms. The van der Waals surface area contributed by atoms with Gasteiger partial charge in [0.1, 0.15) is 0 Å². The molecule has 1 aliphatic rings. The number of hydrogen-bond acceptors (Lipinski definition) is 3. The summed E-state index contributed by atoms with van der Waals surface area (Å²) in [6, 6.07) is 0. The van der Waals surface area contributed by atoms with Crippen LogP contribution >= 0.6 is 0 Å². The molecule has 1 fully saturated rings. The highest BCUT2D eigenvalue weighted by Gasteiger charge is 2.26. The summed E-state index contributed by atoms with van der Waals surface area (Å²) in [5.41, 5.74) is 2.54. The Hall–Kier alpha value is -0.900. The zero-order valence-electron chi connectivity index (χ0n) is 9.66. The number of hydrogen-bond donors (Lipinski definition) is 1. The molecule has 1 aromatic heterocycles. The highest BCUT2D eigenvalue weighted by Crippen LogP contribution is 2.37. The van der Waals surface area contributed by atoms with Crippen molar-refractivity contribution in [3.63, 3.8) is 0 Å². The number of aryl methyl sites for hydroxylation is 1. The van der Waals surface area contributed by atoms with E-state index in [2.05, 4.69) is 27.2 Å². The quantitative estimate of drug-likeness (QED) is 0.800. The average molecular weight is 208 g/mol. The molecule has 1 aliphatic carbocycles. The minimum absolute atomic E-state index is 0.717. The predicted octanol–water partition coefficient (Wildman–Crippen LogP) is 1.67. The molecule has 4 nitrogen and oxygen atoms in total. The Morgan fingerprint density at radius 3 is 2.80 bits per heavy atom. The van der Waals surface area contributed by atoms with Crippen LogP contribution in [0.15, 0.2) is 0 Å². The largest absolute Gasteiger partial charge is 0.314 e. The average Bonchev–Trinajstić information content (AvgIpc) is 2.50. The fraction of sp³-hybridized carbons (Fsp3) is 0.818. The third kappa shape index (κ3) is 2.04. The van der Waals surface area contributed by atoms with E-state index in [1.807, 2.05) is 7.05 Å². The van der Waals surface area contributed by atoms with Crippen molar-refractivity contribution in [2.24, 2.45) is 0 Å². The highest BCUT2D eigenvalue weighted by molar-refractivity contribution is 5.18. The molecule has 1 heterocycles. The predicted molar refractivity (Wildman–Crippen MR) is 59.7 cm³/mol. The maximum atomic E-state index is 4.28. The monoisotopic (exact) mass is 208 g/mol. The Labute approximate surface area is 91.1 Å². The molecule has 1 saturated carbocycles. The molecule has 0 atom stereocenters. The maximum Gasteiger partial charge on any atom is 0.0999 e. The first-order valence-corrected chi connectivity index (χ1v) is 5.93. The van der Waals surface area contributed by atoms with Crippen molar-refractivity contribution in [3.05, 3.63) is 11.4 Å². The second-order valence-electron chi connectivity index (χ2n) is 4.30. The van der Waals surface area contributed by atoms with Crippen molar-refractivity contribution in [3.8, 4) is 0 Å². The fourth-order valence-corrected chi connectivity index (χ4v) is 2.15. The van der Waals surface area contributed by atoms with Crippen molar-refractivity contribution in [2.45, 2.75) is 51.6 Å². The molecule has 0 amide bonds. The normalized spacial score (nSPS) is 16.7. The van der Waals surface area contributed by atoms with Gasteiger partial charge in [0.25, 0.3) is 0 Å². The molecule has 1 aromatic rings. The molecule has 0 radical (unpaired) electrons. The minimum Gasteiger partial charge on any atom is -0.314 e. The summed E-state index contributed by atoms with van der Waals surface area (Å²) in [6.07, 6.45) is 5.12. The van der Waals surface area contributed by atoms with Crippen LogP contribution in [-0.4, -0.2) is 22.0 Å². The van der Waals surface area contributed by atoms with Gasteiger partial charge in [0.15, 0.2) is 0 Å². The lowest BCUT2D eigenvalue weighted by molar-refractivity contribution is 0.383. The van der Waals surface area contributed by atoms with Crippen molar-refractivity contribution < 1.29 is 0 Å². The molecule has 0 unspecified atom stereocenters. The molecule has 4 heteroatoms. The van der Waals surface area contributed by atoms with Gasteiger partial charge >= 0.3 is 0 Å². The number of nitrogens with one attached hydrogen (secondary N) is 1. The summed E-state index contributed by atoms with van der Waals surface area (Å²) in [5, 5.41) is 11.7. The van der Waals surface area contributed by atoms with Crippen LogP contribution in [-0.2, 0) is 13.1 Å². The van der Waals surface area contributed by atoms with Crippen LogP contribution in [0.3, 0.4) is 0 Å². The molecule has 0 bridgehead atoms. The smallest absolute Gasteiger partial charge is 0.0999 e. The fourth-order valence-electron chi connectivity index (χ4n) is 2.15. The van der Waals surface area contributed by atoms with Gasteiger partial charge in [-0.05, 0) is 26.3 Å². The summed E-state index contributed by atoms with van der Waals surface area (Å²) in [4.78, 5) is 0. The molecule has 0 aromatic carbocycles. The van der Waals surface area contributed by atoms with E-state index in [0.29, 0.717) is 0 Å². The summed E-state index contributed by atoms with van der Waals surface area (Å²) in [6.45, 7) is 4.03. The number of rotatable bonds is 5. The van der Waals surface area contributed by atoms with E-state index in [1.165, 1.54) is 25.0 Å². The second kappa shape index (κ2) is 4.75. The molecule has 1 N–H and O–H groups in total. The molecular formula is C11H20N4. The van der Waals surface area contributed by atoms with Crippen molar-refractivity contribution in [2.75, 3.05) is 7.05 Å². The summed E-state index contributed by atoms with van der Waals surface area (Å²) in [5.74, 6) is 0.717. The summed E-state index contributed by atoms with van der Waals surface area (Å²) in [7, 11) is 1.96. The van der Waals surface area contributed by atoms with Gasteiger partial charge in [-0.25, -0.2) is 4.68 Å². The Morgan fingerprint density at radius 2 is 2.27 bits per heavy atom. The summed E-state index contributed by atoms with van der Waals surface area (Å²) >= 11 is 0. The molecule has 0 aliphatic heterocycles. The van der Waals surface area contributed by atoms with Crippen LogP contribution in [0.25, 0.3) is 0 Å². The van der Waals surface area contributed by atoms with Crippen LogP contribution < -0.4 is 5.32 Å². The van der Waals surface area contributed by atoms with Gasteiger partial charge in [0.2, 0.25) is 0 Å². The van der Waals surface area contributed by atoms with Gasteiger partial charge in [-0.3, -0.25) is 0 Å². The Kier molecular flexibility index (Phi) is 3.36. The third-order valence-electron chi connectivity index (χ3n) is 3.12. The van der Waals surface area contributed by atoms with E-state index in [4.69, 9.17) is 0 Å². The SMILES string of the molecule is CCCn1nnc(CNC)c1C1CCC1. The zero-order chi connectivity index (χ0) is 10.7. The van der Waals surface area contributed by atoms with Crippen molar-refractivity contribution in [1.82, 2.24) is 20.3 Å². The molecule has 84 valence electrons. The van der Waals surface area contributed by atoms with Gasteiger partial charge in [-0.1, -0.05) is 18.6 Å². The lowest BCUT2D eigenvalue weighted by Crippen LogP contribution is -2.18. The van der Waals surface area contributed by atoms with Crippen molar-refractivity contribution >= 4 is 0 Å². The molecule has 15 heavy (non-hydrogen) atoms. The first-order chi connectivity index (χ1) is 7.36. The third-order valence-corrected chi connectivity index (χ3v) is 3.12. The topological polar surface area (TPSA) is 42.7 Å². The lowest BCUT2D eigenvalue weighted by atomic mass is 9.82. The Bertz CT molecular complexity index is 291. The van der Waals surface area contributed by atoms with Crippen LogP contribution in [0, 0.1) is 0 Å². The van der Waals surface area contributed by atoms with Gasteiger partial charge in [-0.15, -0.1) is 5.10 Å². The second-order valence-corrected chi connectivity index (χ2v) is 4.30. The van der Waals surface area contributed by atoms with E-state index in [9.17, 15) is 0 Å². The first-order valence-electron chi connectivity index (χ1n) is 5.93. The van der Waals surface area contributed by atoms with Crippen LogP contribution in [0.4, 0.5) is 0 Å². The van der Waals surface area contributed by atoms with Gasteiger partial charge < -0.3 is 5.32 Å². The van der Waals surface area contributed by atoms with E-state index >= 15 is 0 Å². The Morgan fingerprint density at radius 1 is 1.47 bits per heavy atom. The first kappa shape index (κ1) is 10.6. The molecular weight excluding hydrogens is 188 g/mol. The van der Waals surface area contributed by atoms with Gasteiger partial charge in [0.05, 0.1) is 11.4 Å². The van der Waals surface area contributed by atoms with E-state index in [1.54, 1.807) is 0 Å². The van der Waals surface area contributed by atoms with Crippen LogP contribution in [0.2, 0.25) is 0 Å². The maximum absolute atomic E-state index is 4.28.